The van der Waals surface area contributed by atoms with Gasteiger partial charge < -0.3 is 4.90 Å². The molecule has 0 atom stereocenters. The predicted octanol–water partition coefficient (Wildman–Crippen LogP) is 5.38. The van der Waals surface area contributed by atoms with Crippen molar-refractivity contribution in [1.82, 2.24) is 9.96 Å². The van der Waals surface area contributed by atoms with Crippen LogP contribution in [0.2, 0.25) is 0 Å². The number of carbonyl (C=O) groups is 1. The van der Waals surface area contributed by atoms with Gasteiger partial charge in [-0.15, -0.1) is 0 Å². The summed E-state index contributed by atoms with van der Waals surface area (Å²) in [6.07, 6.45) is -3.97. The number of carbonyl (C=O) groups excluding carboxylic acids is 1. The van der Waals surface area contributed by atoms with Gasteiger partial charge in [0.25, 0.3) is 0 Å². The summed E-state index contributed by atoms with van der Waals surface area (Å²) in [5.41, 5.74) is 1.73. The second-order valence-electron chi connectivity index (χ2n) is 6.92. The molecule has 0 aliphatic rings. The highest BCUT2D eigenvalue weighted by atomic mass is 19.4. The Bertz CT molecular complexity index is 786. The topological polar surface area (TPSA) is 32.8 Å². The Hall–Kier alpha value is -2.38. The van der Waals surface area contributed by atoms with E-state index in [2.05, 4.69) is 18.7 Å². The first kappa shape index (κ1) is 23.9. The molecule has 1 amide bonds. The van der Waals surface area contributed by atoms with Crippen LogP contribution in [0.25, 0.3) is 11.1 Å². The second-order valence-corrected chi connectivity index (χ2v) is 6.92. The molecule has 0 saturated carbocycles. The molecule has 0 fully saturated rings. The van der Waals surface area contributed by atoms with Gasteiger partial charge in [-0.2, -0.15) is 13.2 Å². The third-order valence-corrected chi connectivity index (χ3v) is 4.98. The first-order valence-corrected chi connectivity index (χ1v) is 10.2. The van der Waals surface area contributed by atoms with E-state index >= 15 is 0 Å². The maximum atomic E-state index is 12.7. The zero-order valence-electron chi connectivity index (χ0n) is 17.7. The molecule has 0 aliphatic heterocycles. The van der Waals surface area contributed by atoms with Gasteiger partial charge in [0.05, 0.1) is 12.1 Å². The molecule has 0 aromatic heterocycles. The Kier molecular flexibility index (Phi) is 8.87. The fraction of sp³-hybridized carbons (Fsp3) is 0.435. The Balaban J connectivity index is 1.99. The summed E-state index contributed by atoms with van der Waals surface area (Å²) in [6.45, 7) is 9.27. The van der Waals surface area contributed by atoms with Crippen molar-refractivity contribution in [3.63, 3.8) is 0 Å². The van der Waals surface area contributed by atoms with E-state index in [1.54, 1.807) is 6.92 Å². The van der Waals surface area contributed by atoms with Gasteiger partial charge in [-0.3, -0.25) is 9.63 Å². The summed E-state index contributed by atoms with van der Waals surface area (Å²) in [5, 5.41) is 1.42. The standard InChI is InChI=1S/C23H29F3N2O2/c1-4-22(29)28(16-15-27(5-2)6-3)30-17-18-7-9-19(10-8-18)20-11-13-21(14-12-20)23(24,25)26/h7-14H,4-6,15-17H2,1-3H3. The molecule has 0 N–H and O–H groups in total. The highest BCUT2D eigenvalue weighted by Crippen LogP contribution is 2.31. The first-order chi connectivity index (χ1) is 14.3. The lowest BCUT2D eigenvalue weighted by atomic mass is 10.0. The van der Waals surface area contributed by atoms with Crippen LogP contribution in [0.4, 0.5) is 13.2 Å². The molecular formula is C23H29F3N2O2. The number of amides is 1. The van der Waals surface area contributed by atoms with Crippen molar-refractivity contribution < 1.29 is 22.8 Å². The largest absolute Gasteiger partial charge is 0.416 e. The molecule has 0 unspecified atom stereocenters. The van der Waals surface area contributed by atoms with Gasteiger partial charge in [-0.25, -0.2) is 5.06 Å². The summed E-state index contributed by atoms with van der Waals surface area (Å²) in [4.78, 5) is 20.1. The van der Waals surface area contributed by atoms with Gasteiger partial charge >= 0.3 is 6.18 Å². The normalized spacial score (nSPS) is 11.7. The maximum Gasteiger partial charge on any atom is 0.416 e. The number of likely N-dealkylation sites (N-methyl/N-ethyl adjacent to an activating group) is 1. The fourth-order valence-electron chi connectivity index (χ4n) is 3.01. The smallest absolute Gasteiger partial charge is 0.302 e. The van der Waals surface area contributed by atoms with E-state index in [0.29, 0.717) is 18.5 Å². The molecule has 0 heterocycles. The van der Waals surface area contributed by atoms with Crippen LogP contribution < -0.4 is 0 Å². The van der Waals surface area contributed by atoms with Gasteiger partial charge in [0.15, 0.2) is 0 Å². The van der Waals surface area contributed by atoms with Crippen LogP contribution in [0, 0.1) is 0 Å². The molecule has 7 heteroatoms. The van der Waals surface area contributed by atoms with Crippen LogP contribution in [0.15, 0.2) is 48.5 Å². The van der Waals surface area contributed by atoms with Crippen molar-refractivity contribution in [2.45, 2.75) is 40.0 Å². The fourth-order valence-corrected chi connectivity index (χ4v) is 3.01. The van der Waals surface area contributed by atoms with E-state index in [1.165, 1.54) is 17.2 Å². The molecule has 2 aromatic rings. The zero-order valence-corrected chi connectivity index (χ0v) is 17.7. The molecule has 0 spiro atoms. The minimum atomic E-state index is -4.34. The summed E-state index contributed by atoms with van der Waals surface area (Å²) >= 11 is 0. The lowest BCUT2D eigenvalue weighted by Gasteiger charge is -2.25. The summed E-state index contributed by atoms with van der Waals surface area (Å²) < 4.78 is 38.1. The molecule has 0 aliphatic carbocycles. The molecule has 4 nitrogen and oxygen atoms in total. The first-order valence-electron chi connectivity index (χ1n) is 10.2. The molecule has 30 heavy (non-hydrogen) atoms. The third-order valence-electron chi connectivity index (χ3n) is 4.98. The van der Waals surface area contributed by atoms with Crippen LogP contribution >= 0.6 is 0 Å². The number of nitrogens with zero attached hydrogens (tertiary/aromatic N) is 2. The number of hydrogen-bond donors (Lipinski definition) is 0. The predicted molar refractivity (Wildman–Crippen MR) is 111 cm³/mol. The van der Waals surface area contributed by atoms with Crippen LogP contribution in [-0.2, 0) is 22.4 Å². The van der Waals surface area contributed by atoms with Gasteiger partial charge in [-0.1, -0.05) is 57.2 Å². The molecule has 0 radical (unpaired) electrons. The van der Waals surface area contributed by atoms with Crippen LogP contribution in [-0.4, -0.2) is 42.0 Å². The van der Waals surface area contributed by atoms with E-state index in [0.717, 1.165) is 42.9 Å². The van der Waals surface area contributed by atoms with Gasteiger partial charge in [0.1, 0.15) is 6.61 Å². The van der Waals surface area contributed by atoms with E-state index in [1.807, 2.05) is 24.3 Å². The van der Waals surface area contributed by atoms with E-state index in [4.69, 9.17) is 4.84 Å². The maximum absolute atomic E-state index is 12.7. The third kappa shape index (κ3) is 6.85. The van der Waals surface area contributed by atoms with Crippen molar-refractivity contribution in [2.24, 2.45) is 0 Å². The Morgan fingerprint density at radius 3 is 1.87 bits per heavy atom. The summed E-state index contributed by atoms with van der Waals surface area (Å²) in [5.74, 6) is -0.0662. The van der Waals surface area contributed by atoms with Crippen LogP contribution in [0.3, 0.4) is 0 Å². The number of alkyl halides is 3. The van der Waals surface area contributed by atoms with E-state index in [9.17, 15) is 18.0 Å². The second kappa shape index (κ2) is 11.1. The van der Waals surface area contributed by atoms with Crippen molar-refractivity contribution in [3.05, 3.63) is 59.7 Å². The highest BCUT2D eigenvalue weighted by molar-refractivity contribution is 5.74. The lowest BCUT2D eigenvalue weighted by Crippen LogP contribution is -2.38. The molecule has 2 aromatic carbocycles. The number of halogens is 3. The van der Waals surface area contributed by atoms with E-state index < -0.39 is 11.7 Å². The minimum Gasteiger partial charge on any atom is -0.302 e. The SMILES string of the molecule is CCC(=O)N(CCN(CC)CC)OCc1ccc(-c2ccc(C(F)(F)F)cc2)cc1. The minimum absolute atomic E-state index is 0.0662. The quantitative estimate of drug-likeness (QED) is 0.482. The molecule has 0 saturated heterocycles. The number of rotatable bonds is 10. The average Bonchev–Trinajstić information content (AvgIpc) is 2.75. The number of benzene rings is 2. The zero-order chi connectivity index (χ0) is 22.1. The molecule has 164 valence electrons. The number of hydrogen-bond acceptors (Lipinski definition) is 3. The van der Waals surface area contributed by atoms with Crippen molar-refractivity contribution in [3.8, 4) is 11.1 Å². The number of hydroxylamine groups is 2. The lowest BCUT2D eigenvalue weighted by molar-refractivity contribution is -0.192. The molecule has 0 bridgehead atoms. The van der Waals surface area contributed by atoms with Gasteiger partial charge in [-0.05, 0) is 41.9 Å². The van der Waals surface area contributed by atoms with Crippen LogP contribution in [0.5, 0.6) is 0 Å². The Morgan fingerprint density at radius 1 is 0.867 bits per heavy atom. The van der Waals surface area contributed by atoms with Gasteiger partial charge in [0, 0.05) is 13.0 Å². The highest BCUT2D eigenvalue weighted by Gasteiger charge is 2.29. The monoisotopic (exact) mass is 422 g/mol. The average molecular weight is 422 g/mol. The molecule has 2 rings (SSSR count). The van der Waals surface area contributed by atoms with Crippen molar-refractivity contribution in [2.75, 3.05) is 26.2 Å². The molecular weight excluding hydrogens is 393 g/mol. The van der Waals surface area contributed by atoms with E-state index in [-0.39, 0.29) is 12.5 Å². The van der Waals surface area contributed by atoms with Crippen molar-refractivity contribution >= 4 is 5.91 Å². The van der Waals surface area contributed by atoms with Gasteiger partial charge in [0.2, 0.25) is 5.91 Å². The Labute approximate surface area is 176 Å². The summed E-state index contributed by atoms with van der Waals surface area (Å²) in [6, 6.07) is 12.5. The van der Waals surface area contributed by atoms with Crippen molar-refractivity contribution in [1.29, 1.82) is 0 Å². The Morgan fingerprint density at radius 2 is 1.40 bits per heavy atom. The van der Waals surface area contributed by atoms with Crippen LogP contribution in [0.1, 0.15) is 38.3 Å². The summed E-state index contributed by atoms with van der Waals surface area (Å²) in [7, 11) is 0.